The summed E-state index contributed by atoms with van der Waals surface area (Å²) in [7, 11) is 1.61. The smallest absolute Gasteiger partial charge is 0.267 e. The summed E-state index contributed by atoms with van der Waals surface area (Å²) in [5.74, 6) is 0.757. The number of rotatable bonds is 9. The maximum absolute atomic E-state index is 13.0. The van der Waals surface area contributed by atoms with Crippen molar-refractivity contribution in [3.05, 3.63) is 30.0 Å². The van der Waals surface area contributed by atoms with Crippen LogP contribution in [0.1, 0.15) is 63.4 Å². The first-order valence-corrected chi connectivity index (χ1v) is 11.3. The number of hydrogen-bond acceptors (Lipinski definition) is 5. The predicted molar refractivity (Wildman–Crippen MR) is 125 cm³/mol. The van der Waals surface area contributed by atoms with Crippen LogP contribution in [0.15, 0.2) is 24.3 Å². The molecule has 0 aliphatic heterocycles. The van der Waals surface area contributed by atoms with E-state index in [-0.39, 0.29) is 29.1 Å². The van der Waals surface area contributed by atoms with Gasteiger partial charge in [0.1, 0.15) is 17.2 Å². The summed E-state index contributed by atoms with van der Waals surface area (Å²) in [5, 5.41) is 16.8. The van der Waals surface area contributed by atoms with Crippen LogP contribution in [0.25, 0.3) is 10.9 Å². The molecule has 1 saturated carbocycles. The van der Waals surface area contributed by atoms with Gasteiger partial charge in [0, 0.05) is 35.8 Å². The molecule has 1 aliphatic carbocycles. The number of aromatic nitrogens is 1. The van der Waals surface area contributed by atoms with Crippen LogP contribution in [0.2, 0.25) is 0 Å². The summed E-state index contributed by atoms with van der Waals surface area (Å²) in [4.78, 5) is 28.2. The molecule has 3 atom stereocenters. The highest BCUT2D eigenvalue weighted by molar-refractivity contribution is 5.99. The van der Waals surface area contributed by atoms with Crippen LogP contribution in [0.5, 0.6) is 5.75 Å². The number of carbonyl (C=O) groups is 2. The van der Waals surface area contributed by atoms with Gasteiger partial charge in [-0.05, 0) is 49.3 Å². The molecule has 3 rings (SSSR count). The molecule has 172 valence electrons. The second kappa shape index (κ2) is 10.2. The minimum Gasteiger partial charge on any atom is -0.496 e. The average Bonchev–Trinajstić information content (AvgIpc) is 3.35. The molecule has 0 unspecified atom stereocenters. The maximum atomic E-state index is 13.0. The summed E-state index contributed by atoms with van der Waals surface area (Å²) < 4.78 is 5.39. The van der Waals surface area contributed by atoms with E-state index in [0.29, 0.717) is 30.8 Å². The van der Waals surface area contributed by atoms with Crippen molar-refractivity contribution in [2.75, 3.05) is 13.7 Å². The fourth-order valence-electron chi connectivity index (χ4n) is 4.49. The number of fused-ring (bicyclic) bond motifs is 1. The summed E-state index contributed by atoms with van der Waals surface area (Å²) in [6.07, 6.45) is 3.69. The van der Waals surface area contributed by atoms with Crippen molar-refractivity contribution in [3.63, 3.8) is 0 Å². The Labute approximate surface area is 189 Å². The number of benzene rings is 1. The van der Waals surface area contributed by atoms with Gasteiger partial charge in [0.2, 0.25) is 0 Å². The lowest BCUT2D eigenvalue weighted by Crippen LogP contribution is -2.46. The lowest BCUT2D eigenvalue weighted by Gasteiger charge is -2.28. The molecule has 0 spiro atoms. The van der Waals surface area contributed by atoms with Crippen LogP contribution in [-0.4, -0.2) is 42.4 Å². The number of nitrogens with zero attached hydrogens (tertiary/aromatic N) is 1. The SMILES string of the molecule is COc1cccc2[nH]c(C(=O)N[C@H](CN[C@H](C#N)C[C@@H]3CCCC3=O)CC(C)(C)C)cc12. The number of methoxy groups -OCH3 is 1. The van der Waals surface area contributed by atoms with E-state index in [0.717, 1.165) is 30.2 Å². The van der Waals surface area contributed by atoms with Crippen molar-refractivity contribution in [2.45, 2.75) is 65.0 Å². The quantitative estimate of drug-likeness (QED) is 0.549. The highest BCUT2D eigenvalue weighted by Crippen LogP contribution is 2.27. The van der Waals surface area contributed by atoms with Crippen LogP contribution >= 0.6 is 0 Å². The van der Waals surface area contributed by atoms with Gasteiger partial charge in [0.25, 0.3) is 5.91 Å². The van der Waals surface area contributed by atoms with Gasteiger partial charge in [0.15, 0.2) is 0 Å². The summed E-state index contributed by atoms with van der Waals surface area (Å²) in [5.41, 5.74) is 1.30. The highest BCUT2D eigenvalue weighted by atomic mass is 16.5. The zero-order valence-electron chi connectivity index (χ0n) is 19.5. The summed E-state index contributed by atoms with van der Waals surface area (Å²) in [6.45, 7) is 6.84. The third-order valence-corrected chi connectivity index (χ3v) is 6.00. The third kappa shape index (κ3) is 6.10. The van der Waals surface area contributed by atoms with Crippen LogP contribution in [0.4, 0.5) is 0 Å². The first-order valence-electron chi connectivity index (χ1n) is 11.3. The number of H-pyrrole nitrogens is 1. The topological polar surface area (TPSA) is 107 Å². The minimum atomic E-state index is -0.404. The molecule has 1 fully saturated rings. The van der Waals surface area contributed by atoms with Crippen LogP contribution in [-0.2, 0) is 4.79 Å². The van der Waals surface area contributed by atoms with E-state index in [1.807, 2.05) is 18.2 Å². The number of nitrogens with one attached hydrogen (secondary N) is 3. The summed E-state index contributed by atoms with van der Waals surface area (Å²) in [6, 6.07) is 9.17. The Morgan fingerprint density at radius 2 is 2.16 bits per heavy atom. The Hall–Kier alpha value is -2.85. The molecule has 0 radical (unpaired) electrons. The lowest BCUT2D eigenvalue weighted by molar-refractivity contribution is -0.120. The fourth-order valence-corrected chi connectivity index (χ4v) is 4.49. The summed E-state index contributed by atoms with van der Waals surface area (Å²) >= 11 is 0. The number of carbonyl (C=O) groups excluding carboxylic acids is 2. The molecular formula is C25H34N4O3. The molecule has 32 heavy (non-hydrogen) atoms. The lowest BCUT2D eigenvalue weighted by atomic mass is 9.87. The monoisotopic (exact) mass is 438 g/mol. The zero-order valence-corrected chi connectivity index (χ0v) is 19.5. The van der Waals surface area contributed by atoms with E-state index in [2.05, 4.69) is 42.5 Å². The van der Waals surface area contributed by atoms with Gasteiger partial charge in [-0.3, -0.25) is 14.9 Å². The van der Waals surface area contributed by atoms with Gasteiger partial charge in [-0.15, -0.1) is 0 Å². The van der Waals surface area contributed by atoms with Crippen molar-refractivity contribution < 1.29 is 14.3 Å². The van der Waals surface area contributed by atoms with Gasteiger partial charge >= 0.3 is 0 Å². The van der Waals surface area contributed by atoms with Crippen molar-refractivity contribution >= 4 is 22.6 Å². The van der Waals surface area contributed by atoms with Crippen LogP contribution in [0.3, 0.4) is 0 Å². The second-order valence-electron chi connectivity index (χ2n) is 9.92. The van der Waals surface area contributed by atoms with Gasteiger partial charge in [-0.25, -0.2) is 0 Å². The number of ketones is 1. The molecule has 7 nitrogen and oxygen atoms in total. The predicted octanol–water partition coefficient (Wildman–Crippen LogP) is 3.95. The maximum Gasteiger partial charge on any atom is 0.267 e. The molecule has 1 heterocycles. The average molecular weight is 439 g/mol. The highest BCUT2D eigenvalue weighted by Gasteiger charge is 2.28. The number of Topliss-reactive ketones (excluding diaryl/α,β-unsaturated/α-hetero) is 1. The number of ether oxygens (including phenoxy) is 1. The van der Waals surface area contributed by atoms with E-state index in [9.17, 15) is 14.9 Å². The minimum absolute atomic E-state index is 0.00709. The molecule has 1 aliphatic rings. The molecular weight excluding hydrogens is 404 g/mol. The molecule has 3 N–H and O–H groups in total. The van der Waals surface area contributed by atoms with E-state index in [1.54, 1.807) is 13.2 Å². The van der Waals surface area contributed by atoms with Crippen molar-refractivity contribution in [2.24, 2.45) is 11.3 Å². The van der Waals surface area contributed by atoms with Gasteiger partial charge in [0.05, 0.1) is 19.2 Å². The molecule has 0 saturated heterocycles. The van der Waals surface area contributed by atoms with Crippen molar-refractivity contribution in [1.29, 1.82) is 5.26 Å². The van der Waals surface area contributed by atoms with Crippen molar-refractivity contribution in [3.8, 4) is 11.8 Å². The second-order valence-corrected chi connectivity index (χ2v) is 9.92. The first kappa shape index (κ1) is 23.8. The normalized spacial score (nSPS) is 18.3. The van der Waals surface area contributed by atoms with E-state index in [4.69, 9.17) is 4.74 Å². The molecule has 0 bridgehead atoms. The number of aromatic amines is 1. The number of amides is 1. The first-order chi connectivity index (χ1) is 15.2. The Morgan fingerprint density at radius 1 is 1.38 bits per heavy atom. The number of hydrogen-bond donors (Lipinski definition) is 3. The van der Waals surface area contributed by atoms with E-state index >= 15 is 0 Å². The third-order valence-electron chi connectivity index (χ3n) is 6.00. The van der Waals surface area contributed by atoms with Crippen LogP contribution < -0.4 is 15.4 Å². The zero-order chi connectivity index (χ0) is 23.3. The Balaban J connectivity index is 1.68. The van der Waals surface area contributed by atoms with Gasteiger partial charge in [-0.2, -0.15) is 5.26 Å². The van der Waals surface area contributed by atoms with E-state index in [1.165, 1.54) is 0 Å². The molecule has 1 aromatic heterocycles. The van der Waals surface area contributed by atoms with Crippen LogP contribution in [0, 0.1) is 22.7 Å². The molecule has 1 amide bonds. The molecule has 1 aromatic carbocycles. The Bertz CT molecular complexity index is 999. The van der Waals surface area contributed by atoms with Gasteiger partial charge in [-0.1, -0.05) is 26.8 Å². The molecule has 2 aromatic rings. The number of nitriles is 1. The fraction of sp³-hybridized carbons (Fsp3) is 0.560. The van der Waals surface area contributed by atoms with E-state index < -0.39 is 6.04 Å². The Morgan fingerprint density at radius 3 is 2.78 bits per heavy atom. The Kier molecular flexibility index (Phi) is 7.57. The van der Waals surface area contributed by atoms with Crippen molar-refractivity contribution in [1.82, 2.24) is 15.6 Å². The molecule has 7 heteroatoms. The largest absolute Gasteiger partial charge is 0.496 e. The van der Waals surface area contributed by atoms with Gasteiger partial charge < -0.3 is 15.0 Å². The standard InChI is InChI=1S/C25H34N4O3/c1-25(2,3)13-18(15-27-17(14-26)11-16-7-5-9-22(16)30)28-24(31)21-12-19-20(29-21)8-6-10-23(19)32-4/h6,8,10,12,16-18,27,29H,5,7,9,11,13,15H2,1-4H3,(H,28,31)/t16-,17-,18-/m0/s1.